The number of piperazine rings is 1. The zero-order valence-electron chi connectivity index (χ0n) is 21.1. The lowest BCUT2D eigenvalue weighted by molar-refractivity contribution is -0.132. The number of carbonyl (C=O) groups excluding carboxylic acids is 1. The van der Waals surface area contributed by atoms with E-state index in [-0.39, 0.29) is 23.4 Å². The Bertz CT molecular complexity index is 1540. The molecule has 6 rings (SSSR count). The number of nitrogens with zero attached hydrogens (tertiary/aromatic N) is 4. The Balaban J connectivity index is 1.31. The summed E-state index contributed by atoms with van der Waals surface area (Å²) < 4.78 is 20.8. The van der Waals surface area contributed by atoms with Gasteiger partial charge in [0.1, 0.15) is 17.3 Å². The zero-order valence-corrected chi connectivity index (χ0v) is 21.9. The molecular weight excluding hydrogens is 519 g/mol. The Morgan fingerprint density at radius 2 is 1.49 bits per heavy atom. The fourth-order valence-electron chi connectivity index (χ4n) is 4.75. The van der Waals surface area contributed by atoms with Gasteiger partial charge in [-0.25, -0.2) is 4.39 Å². The predicted octanol–water partition coefficient (Wildman–Crippen LogP) is 5.54. The first-order chi connectivity index (χ1) is 19.0. The van der Waals surface area contributed by atoms with Crippen molar-refractivity contribution in [1.82, 2.24) is 14.7 Å². The van der Waals surface area contributed by atoms with Gasteiger partial charge in [0.25, 0.3) is 0 Å². The molecule has 0 unspecified atom stereocenters. The molecule has 1 aliphatic carbocycles. The lowest BCUT2D eigenvalue weighted by atomic mass is 10.1. The van der Waals surface area contributed by atoms with Crippen LogP contribution in [0.3, 0.4) is 0 Å². The zero-order chi connectivity index (χ0) is 26.9. The average Bonchev–Trinajstić information content (AvgIpc) is 3.81. The van der Waals surface area contributed by atoms with Crippen molar-refractivity contribution < 1.29 is 13.9 Å². The lowest BCUT2D eigenvalue weighted by Crippen LogP contribution is -2.49. The van der Waals surface area contributed by atoms with Gasteiger partial charge in [-0.3, -0.25) is 9.59 Å². The third-order valence-electron chi connectivity index (χ3n) is 7.10. The molecule has 3 aromatic carbocycles. The van der Waals surface area contributed by atoms with Crippen LogP contribution in [0.25, 0.3) is 16.8 Å². The van der Waals surface area contributed by atoms with Crippen molar-refractivity contribution in [2.24, 2.45) is 5.92 Å². The Labute approximate surface area is 230 Å². The Morgan fingerprint density at radius 3 is 2.10 bits per heavy atom. The second kappa shape index (κ2) is 10.5. The van der Waals surface area contributed by atoms with Crippen molar-refractivity contribution in [2.75, 3.05) is 31.1 Å². The molecule has 2 aliphatic rings. The van der Waals surface area contributed by atoms with Gasteiger partial charge in [-0.2, -0.15) is 9.78 Å². The SMILES string of the molecule is O=C(C1CC1)N1CCN(c2cnn(-c3ccc(Cl)cc3)c(=O)c2Oc2ccc(-c3ccc(F)cc3)cc2)CC1. The molecule has 0 atom stereocenters. The van der Waals surface area contributed by atoms with Gasteiger partial charge < -0.3 is 14.5 Å². The molecule has 1 aliphatic heterocycles. The first-order valence-corrected chi connectivity index (χ1v) is 13.3. The summed E-state index contributed by atoms with van der Waals surface area (Å²) in [4.78, 5) is 30.2. The molecule has 0 radical (unpaired) electrons. The van der Waals surface area contributed by atoms with Crippen LogP contribution in [-0.4, -0.2) is 46.8 Å². The van der Waals surface area contributed by atoms with E-state index in [4.69, 9.17) is 16.3 Å². The van der Waals surface area contributed by atoms with Crippen LogP contribution in [0.1, 0.15) is 12.8 Å². The van der Waals surface area contributed by atoms with Crippen LogP contribution in [0.4, 0.5) is 10.1 Å². The van der Waals surface area contributed by atoms with Crippen LogP contribution in [0, 0.1) is 11.7 Å². The number of rotatable bonds is 6. The summed E-state index contributed by atoms with van der Waals surface area (Å²) in [5.41, 5.74) is 2.50. The number of anilines is 1. The maximum atomic E-state index is 13.7. The number of aromatic nitrogens is 2. The minimum absolute atomic E-state index is 0.149. The van der Waals surface area contributed by atoms with Gasteiger partial charge in [-0.05, 0) is 72.5 Å². The topological polar surface area (TPSA) is 67.7 Å². The largest absolute Gasteiger partial charge is 0.449 e. The quantitative estimate of drug-likeness (QED) is 0.319. The van der Waals surface area contributed by atoms with Crippen LogP contribution in [0.5, 0.6) is 11.5 Å². The third kappa shape index (κ3) is 5.38. The summed E-state index contributed by atoms with van der Waals surface area (Å²) in [6.07, 6.45) is 3.59. The molecule has 39 heavy (non-hydrogen) atoms. The Hall–Kier alpha value is -4.17. The van der Waals surface area contributed by atoms with E-state index in [1.165, 1.54) is 16.8 Å². The van der Waals surface area contributed by atoms with E-state index in [1.54, 1.807) is 54.7 Å². The molecule has 1 aromatic heterocycles. The molecule has 2 fully saturated rings. The number of hydrogen-bond acceptors (Lipinski definition) is 5. The molecule has 1 saturated carbocycles. The molecule has 2 heterocycles. The second-order valence-electron chi connectivity index (χ2n) is 9.77. The minimum Gasteiger partial charge on any atom is -0.449 e. The van der Waals surface area contributed by atoms with Gasteiger partial charge in [-0.15, -0.1) is 0 Å². The molecular formula is C30H26ClFN4O3. The van der Waals surface area contributed by atoms with Crippen molar-refractivity contribution in [1.29, 1.82) is 0 Å². The van der Waals surface area contributed by atoms with Gasteiger partial charge in [0.05, 0.1) is 11.9 Å². The average molecular weight is 545 g/mol. The van der Waals surface area contributed by atoms with Gasteiger partial charge in [0.15, 0.2) is 0 Å². The van der Waals surface area contributed by atoms with E-state index in [2.05, 4.69) is 5.10 Å². The van der Waals surface area contributed by atoms with Crippen LogP contribution in [0.2, 0.25) is 5.02 Å². The summed E-state index contributed by atoms with van der Waals surface area (Å²) in [6.45, 7) is 2.32. The van der Waals surface area contributed by atoms with Crippen LogP contribution < -0.4 is 15.2 Å². The predicted molar refractivity (Wildman–Crippen MR) is 148 cm³/mol. The highest BCUT2D eigenvalue weighted by molar-refractivity contribution is 6.30. The number of halogens is 2. The Kier molecular flexibility index (Phi) is 6.79. The lowest BCUT2D eigenvalue weighted by Gasteiger charge is -2.36. The van der Waals surface area contributed by atoms with Gasteiger partial charge in [-0.1, -0.05) is 35.9 Å². The monoisotopic (exact) mass is 544 g/mol. The van der Waals surface area contributed by atoms with E-state index in [9.17, 15) is 14.0 Å². The number of ether oxygens (including phenoxy) is 1. The molecule has 9 heteroatoms. The van der Waals surface area contributed by atoms with Crippen molar-refractivity contribution in [2.45, 2.75) is 12.8 Å². The highest BCUT2D eigenvalue weighted by Crippen LogP contribution is 2.33. The molecule has 7 nitrogen and oxygen atoms in total. The first kappa shape index (κ1) is 25.1. The smallest absolute Gasteiger partial charge is 0.316 e. The van der Waals surface area contributed by atoms with E-state index in [1.807, 2.05) is 21.9 Å². The van der Waals surface area contributed by atoms with Crippen molar-refractivity contribution in [3.8, 4) is 28.3 Å². The van der Waals surface area contributed by atoms with E-state index < -0.39 is 5.56 Å². The van der Waals surface area contributed by atoms with Gasteiger partial charge in [0.2, 0.25) is 11.7 Å². The molecule has 0 spiro atoms. The summed E-state index contributed by atoms with van der Waals surface area (Å²) in [7, 11) is 0. The van der Waals surface area contributed by atoms with E-state index in [0.717, 1.165) is 24.0 Å². The van der Waals surface area contributed by atoms with Crippen LogP contribution in [-0.2, 0) is 4.79 Å². The van der Waals surface area contributed by atoms with Gasteiger partial charge in [0, 0.05) is 37.1 Å². The number of hydrogen-bond donors (Lipinski definition) is 0. The van der Waals surface area contributed by atoms with Crippen molar-refractivity contribution >= 4 is 23.2 Å². The highest BCUT2D eigenvalue weighted by Gasteiger charge is 2.35. The standard InChI is InChI=1S/C30H26ClFN4O3/c31-23-7-11-25(12-8-23)36-30(38)28(39-26-13-5-21(6-14-26)20-3-9-24(32)10-4-20)27(19-33-36)34-15-17-35(18-16-34)29(37)22-1-2-22/h3-14,19,22H,1-2,15-18H2. The summed E-state index contributed by atoms with van der Waals surface area (Å²) >= 11 is 6.04. The number of benzene rings is 3. The minimum atomic E-state index is -0.408. The maximum absolute atomic E-state index is 13.7. The molecule has 198 valence electrons. The Morgan fingerprint density at radius 1 is 0.872 bits per heavy atom. The summed E-state index contributed by atoms with van der Waals surface area (Å²) in [6, 6.07) is 20.4. The fourth-order valence-corrected chi connectivity index (χ4v) is 4.87. The van der Waals surface area contributed by atoms with Crippen molar-refractivity contribution in [3.05, 3.63) is 100 Å². The van der Waals surface area contributed by atoms with E-state index in [0.29, 0.717) is 48.3 Å². The van der Waals surface area contributed by atoms with Crippen molar-refractivity contribution in [3.63, 3.8) is 0 Å². The maximum Gasteiger partial charge on any atom is 0.316 e. The molecule has 1 saturated heterocycles. The first-order valence-electron chi connectivity index (χ1n) is 12.9. The summed E-state index contributed by atoms with van der Waals surface area (Å²) in [5.74, 6) is 0.743. The molecule has 1 amide bonds. The normalized spacial score (nSPS) is 15.3. The van der Waals surface area contributed by atoms with Gasteiger partial charge >= 0.3 is 5.56 Å². The van der Waals surface area contributed by atoms with Crippen LogP contribution in [0.15, 0.2) is 83.8 Å². The molecule has 0 N–H and O–H groups in total. The van der Waals surface area contributed by atoms with Crippen LogP contribution >= 0.6 is 11.6 Å². The van der Waals surface area contributed by atoms with E-state index >= 15 is 0 Å². The fraction of sp³-hybridized carbons (Fsp3) is 0.233. The third-order valence-corrected chi connectivity index (χ3v) is 7.35. The highest BCUT2D eigenvalue weighted by atomic mass is 35.5. The second-order valence-corrected chi connectivity index (χ2v) is 10.2. The number of carbonyl (C=O) groups is 1. The molecule has 0 bridgehead atoms. The summed E-state index contributed by atoms with van der Waals surface area (Å²) in [5, 5.41) is 4.99. The molecule has 4 aromatic rings. The number of amides is 1.